The summed E-state index contributed by atoms with van der Waals surface area (Å²) in [5.74, 6) is 0.208. The van der Waals surface area contributed by atoms with E-state index in [0.29, 0.717) is 0 Å². The molecule has 0 heterocycles. The van der Waals surface area contributed by atoms with Crippen LogP contribution in [0.4, 0.5) is 0 Å². The van der Waals surface area contributed by atoms with Crippen LogP contribution in [-0.2, 0) is 0 Å². The SMILES string of the molecule is C=C(CCCCCCCCC)[C@H](C)[C@@H](O)C(C)(C)C. The van der Waals surface area contributed by atoms with Crippen LogP contribution in [0.2, 0.25) is 0 Å². The first kappa shape index (κ1) is 18.7. The summed E-state index contributed by atoms with van der Waals surface area (Å²) in [5, 5.41) is 10.3. The van der Waals surface area contributed by atoms with Crippen LogP contribution in [0, 0.1) is 11.3 Å². The van der Waals surface area contributed by atoms with Gasteiger partial charge in [0.15, 0.2) is 0 Å². The minimum atomic E-state index is -0.287. The first-order chi connectivity index (χ1) is 8.80. The monoisotopic (exact) mass is 268 g/mol. The van der Waals surface area contributed by atoms with E-state index < -0.39 is 0 Å². The van der Waals surface area contributed by atoms with E-state index in [0.717, 1.165) is 6.42 Å². The van der Waals surface area contributed by atoms with Crippen LogP contribution in [0.5, 0.6) is 0 Å². The van der Waals surface area contributed by atoms with Gasteiger partial charge in [-0.15, -0.1) is 0 Å². The van der Waals surface area contributed by atoms with Gasteiger partial charge >= 0.3 is 0 Å². The van der Waals surface area contributed by atoms with Crippen LogP contribution in [0.25, 0.3) is 0 Å². The Hall–Kier alpha value is -0.300. The summed E-state index contributed by atoms with van der Waals surface area (Å²) in [6.45, 7) is 14.8. The van der Waals surface area contributed by atoms with Gasteiger partial charge in [-0.05, 0) is 18.3 Å². The Balaban J connectivity index is 3.74. The van der Waals surface area contributed by atoms with E-state index in [1.807, 2.05) is 0 Å². The molecule has 0 aliphatic carbocycles. The summed E-state index contributed by atoms with van der Waals surface area (Å²) < 4.78 is 0. The number of hydrogen-bond donors (Lipinski definition) is 1. The highest BCUT2D eigenvalue weighted by Crippen LogP contribution is 2.30. The lowest BCUT2D eigenvalue weighted by Crippen LogP contribution is -2.33. The second-order valence-electron chi connectivity index (χ2n) is 7.13. The van der Waals surface area contributed by atoms with Crippen LogP contribution in [-0.4, -0.2) is 11.2 Å². The van der Waals surface area contributed by atoms with Crippen LogP contribution < -0.4 is 0 Å². The molecule has 0 bridgehead atoms. The molecule has 19 heavy (non-hydrogen) atoms. The largest absolute Gasteiger partial charge is 0.392 e. The molecule has 0 saturated carbocycles. The lowest BCUT2D eigenvalue weighted by atomic mass is 9.78. The number of aliphatic hydroxyl groups is 1. The van der Waals surface area contributed by atoms with Crippen molar-refractivity contribution in [2.75, 3.05) is 0 Å². The molecule has 114 valence electrons. The molecule has 2 atom stereocenters. The fraction of sp³-hybridized carbons (Fsp3) is 0.889. The Morgan fingerprint density at radius 2 is 1.47 bits per heavy atom. The molecule has 1 N–H and O–H groups in total. The molecule has 0 aliphatic heterocycles. The van der Waals surface area contributed by atoms with Crippen molar-refractivity contribution in [3.8, 4) is 0 Å². The highest BCUT2D eigenvalue weighted by Gasteiger charge is 2.28. The van der Waals surface area contributed by atoms with Gasteiger partial charge in [0.1, 0.15) is 0 Å². The van der Waals surface area contributed by atoms with Crippen molar-refractivity contribution in [3.05, 3.63) is 12.2 Å². The van der Waals surface area contributed by atoms with E-state index in [-0.39, 0.29) is 17.4 Å². The van der Waals surface area contributed by atoms with Gasteiger partial charge in [-0.25, -0.2) is 0 Å². The van der Waals surface area contributed by atoms with E-state index in [1.54, 1.807) is 0 Å². The number of rotatable bonds is 10. The third-order valence-electron chi connectivity index (χ3n) is 4.11. The van der Waals surface area contributed by atoms with E-state index >= 15 is 0 Å². The van der Waals surface area contributed by atoms with E-state index in [9.17, 15) is 5.11 Å². The first-order valence-electron chi connectivity index (χ1n) is 8.16. The Morgan fingerprint density at radius 1 is 1.00 bits per heavy atom. The van der Waals surface area contributed by atoms with Crippen molar-refractivity contribution in [2.45, 2.75) is 92.1 Å². The maximum absolute atomic E-state index is 10.3. The summed E-state index contributed by atoms with van der Waals surface area (Å²) in [6, 6.07) is 0. The third-order valence-corrected chi connectivity index (χ3v) is 4.11. The molecule has 0 aromatic carbocycles. The lowest BCUT2D eigenvalue weighted by Gasteiger charge is -2.32. The minimum Gasteiger partial charge on any atom is -0.392 e. The Kier molecular flexibility index (Phi) is 9.43. The predicted molar refractivity (Wildman–Crippen MR) is 86.4 cm³/mol. The molecule has 0 unspecified atom stereocenters. The average Bonchev–Trinajstić information content (AvgIpc) is 2.34. The van der Waals surface area contributed by atoms with Crippen LogP contribution >= 0.6 is 0 Å². The maximum atomic E-state index is 10.3. The fourth-order valence-electron chi connectivity index (χ4n) is 2.51. The van der Waals surface area contributed by atoms with Crippen LogP contribution in [0.15, 0.2) is 12.2 Å². The molecular formula is C18H36O. The molecular weight excluding hydrogens is 232 g/mol. The highest BCUT2D eigenvalue weighted by molar-refractivity contribution is 5.03. The van der Waals surface area contributed by atoms with Crippen molar-refractivity contribution >= 4 is 0 Å². The van der Waals surface area contributed by atoms with Crippen molar-refractivity contribution in [3.63, 3.8) is 0 Å². The Morgan fingerprint density at radius 3 is 1.95 bits per heavy atom. The molecule has 0 aromatic heterocycles. The van der Waals surface area contributed by atoms with Gasteiger partial charge in [-0.1, -0.05) is 85.3 Å². The molecule has 0 rings (SSSR count). The van der Waals surface area contributed by atoms with E-state index in [1.165, 1.54) is 50.5 Å². The lowest BCUT2D eigenvalue weighted by molar-refractivity contribution is 0.0292. The second kappa shape index (κ2) is 9.58. The number of aliphatic hydroxyl groups excluding tert-OH is 1. The maximum Gasteiger partial charge on any atom is 0.0650 e. The number of hydrogen-bond acceptors (Lipinski definition) is 1. The number of unbranched alkanes of at least 4 members (excludes halogenated alkanes) is 6. The first-order valence-corrected chi connectivity index (χ1v) is 8.16. The molecule has 0 radical (unpaired) electrons. The van der Waals surface area contributed by atoms with Crippen molar-refractivity contribution < 1.29 is 5.11 Å². The fourth-order valence-corrected chi connectivity index (χ4v) is 2.51. The van der Waals surface area contributed by atoms with Gasteiger partial charge in [0.2, 0.25) is 0 Å². The normalized spacial score (nSPS) is 15.3. The molecule has 0 aliphatic rings. The zero-order valence-electron chi connectivity index (χ0n) is 14.0. The van der Waals surface area contributed by atoms with Gasteiger partial charge in [0.25, 0.3) is 0 Å². The Labute approximate surface area is 121 Å². The average molecular weight is 268 g/mol. The van der Waals surface area contributed by atoms with Crippen LogP contribution in [0.3, 0.4) is 0 Å². The molecule has 0 amide bonds. The third kappa shape index (κ3) is 8.47. The quantitative estimate of drug-likeness (QED) is 0.396. The molecule has 0 saturated heterocycles. The summed E-state index contributed by atoms with van der Waals surface area (Å²) in [6.07, 6.45) is 10.1. The molecule has 0 fully saturated rings. The summed E-state index contributed by atoms with van der Waals surface area (Å²) in [5.41, 5.74) is 1.17. The molecule has 0 aromatic rings. The smallest absolute Gasteiger partial charge is 0.0650 e. The second-order valence-corrected chi connectivity index (χ2v) is 7.13. The zero-order valence-corrected chi connectivity index (χ0v) is 14.0. The van der Waals surface area contributed by atoms with E-state index in [4.69, 9.17) is 0 Å². The summed E-state index contributed by atoms with van der Waals surface area (Å²) >= 11 is 0. The van der Waals surface area contributed by atoms with Gasteiger partial charge in [0.05, 0.1) is 6.10 Å². The topological polar surface area (TPSA) is 20.2 Å². The Bertz CT molecular complexity index is 237. The zero-order chi connectivity index (χ0) is 14.9. The van der Waals surface area contributed by atoms with Crippen molar-refractivity contribution in [1.29, 1.82) is 0 Å². The van der Waals surface area contributed by atoms with Gasteiger partial charge in [-0.2, -0.15) is 0 Å². The summed E-state index contributed by atoms with van der Waals surface area (Å²) in [7, 11) is 0. The van der Waals surface area contributed by atoms with Crippen molar-refractivity contribution in [2.24, 2.45) is 11.3 Å². The molecule has 1 nitrogen and oxygen atoms in total. The minimum absolute atomic E-state index is 0.0531. The molecule has 0 spiro atoms. The molecule has 1 heteroatoms. The summed E-state index contributed by atoms with van der Waals surface area (Å²) in [4.78, 5) is 0. The standard InChI is InChI=1S/C18H36O/c1-7-8-9-10-11-12-13-14-15(2)16(3)17(19)18(4,5)6/h16-17,19H,2,7-14H2,1,3-6H3/t16-,17+/m0/s1. The predicted octanol–water partition coefficient (Wildman–Crippen LogP) is 5.73. The van der Waals surface area contributed by atoms with Gasteiger partial charge in [0, 0.05) is 5.92 Å². The highest BCUT2D eigenvalue weighted by atomic mass is 16.3. The van der Waals surface area contributed by atoms with Gasteiger partial charge in [-0.3, -0.25) is 0 Å². The van der Waals surface area contributed by atoms with Crippen LogP contribution in [0.1, 0.15) is 86.0 Å². The van der Waals surface area contributed by atoms with Gasteiger partial charge < -0.3 is 5.11 Å². The van der Waals surface area contributed by atoms with E-state index in [2.05, 4.69) is 41.2 Å². The van der Waals surface area contributed by atoms with Crippen molar-refractivity contribution in [1.82, 2.24) is 0 Å².